The fraction of sp³-hybridized carbons (Fsp3) is 0.111. The Labute approximate surface area is 85.7 Å². The number of nitrogens with one attached hydrogen (secondary N) is 1. The van der Waals surface area contributed by atoms with Gasteiger partial charge in [-0.05, 0) is 23.6 Å². The maximum Gasteiger partial charge on any atom is 0.288 e. The smallest absolute Gasteiger partial charge is 0.288 e. The fourth-order valence-corrected chi connectivity index (χ4v) is 1.06. The summed E-state index contributed by atoms with van der Waals surface area (Å²) in [4.78, 5) is 3.66. The van der Waals surface area contributed by atoms with Crippen LogP contribution in [0.15, 0.2) is 29.3 Å². The van der Waals surface area contributed by atoms with Gasteiger partial charge in [0, 0.05) is 0 Å². The molecule has 0 unspecified atom stereocenters. The van der Waals surface area contributed by atoms with Gasteiger partial charge in [0.1, 0.15) is 0 Å². The van der Waals surface area contributed by atoms with Crippen molar-refractivity contribution in [1.29, 1.82) is 0 Å². The number of nitrogens with zero attached hydrogens (tertiary/aromatic N) is 4. The lowest BCUT2D eigenvalue weighted by Gasteiger charge is -2.08. The number of tetrazole rings is 1. The van der Waals surface area contributed by atoms with Crippen LogP contribution >= 0.6 is 0 Å². The summed E-state index contributed by atoms with van der Waals surface area (Å²) in [5.41, 5.74) is 1.59. The predicted octanol–water partition coefficient (Wildman–Crippen LogP) is -0.0533. The van der Waals surface area contributed by atoms with Gasteiger partial charge in [-0.3, -0.25) is 0 Å². The highest BCUT2D eigenvalue weighted by Gasteiger charge is 1.95. The lowest BCUT2D eigenvalue weighted by molar-refractivity contribution is -0.212. The molecule has 0 spiro atoms. The monoisotopic (exact) mass is 202 g/mol. The molecule has 1 heterocycles. The third kappa shape index (κ3) is 2.16. The van der Waals surface area contributed by atoms with Gasteiger partial charge in [-0.2, -0.15) is 5.21 Å². The highest BCUT2D eigenvalue weighted by Crippen LogP contribution is 2.05. The first-order valence-corrected chi connectivity index (χ1v) is 4.32. The van der Waals surface area contributed by atoms with Gasteiger partial charge in [-0.15, -0.1) is 5.10 Å². The van der Waals surface area contributed by atoms with Crippen LogP contribution in [0.5, 0.6) is 0 Å². The minimum absolute atomic E-state index is 0.0422. The van der Waals surface area contributed by atoms with Crippen LogP contribution in [-0.4, -0.2) is 26.5 Å². The zero-order valence-electron chi connectivity index (χ0n) is 8.01. The number of hydrogen-bond acceptors (Lipinski definition) is 5. The zero-order chi connectivity index (χ0) is 10.7. The average molecular weight is 202 g/mol. The molecule has 1 aromatic heterocycles. The summed E-state index contributed by atoms with van der Waals surface area (Å²) in [5.74, 6) is -0.336. The Balaban J connectivity index is 2.28. The summed E-state index contributed by atoms with van der Waals surface area (Å²) in [6.07, 6.45) is 0. The van der Waals surface area contributed by atoms with Crippen LogP contribution < -0.4 is 5.11 Å². The quantitative estimate of drug-likeness (QED) is 0.546. The summed E-state index contributed by atoms with van der Waals surface area (Å²) in [6.45, 7) is 1.95. The van der Waals surface area contributed by atoms with Crippen molar-refractivity contribution in [3.8, 4) is 0 Å². The summed E-state index contributed by atoms with van der Waals surface area (Å²) in [5, 5.41) is 24.2. The minimum atomic E-state index is -0.378. The second kappa shape index (κ2) is 3.87. The van der Waals surface area contributed by atoms with Crippen LogP contribution in [0.4, 0.5) is 5.95 Å². The highest BCUT2D eigenvalue weighted by atomic mass is 16.3. The van der Waals surface area contributed by atoms with Crippen molar-refractivity contribution in [1.82, 2.24) is 20.6 Å². The van der Waals surface area contributed by atoms with Crippen LogP contribution in [0.25, 0.3) is 0 Å². The molecule has 0 fully saturated rings. The Morgan fingerprint density at radius 3 is 2.67 bits per heavy atom. The van der Waals surface area contributed by atoms with Crippen molar-refractivity contribution in [2.45, 2.75) is 6.92 Å². The largest absolute Gasteiger partial charge is 0.858 e. The number of aromatic amines is 1. The topological polar surface area (TPSA) is 89.9 Å². The van der Waals surface area contributed by atoms with Gasteiger partial charge < -0.3 is 5.11 Å². The van der Waals surface area contributed by atoms with E-state index in [1.54, 1.807) is 12.1 Å². The van der Waals surface area contributed by atoms with Gasteiger partial charge in [0.25, 0.3) is 5.95 Å². The molecule has 6 nitrogen and oxygen atoms in total. The van der Waals surface area contributed by atoms with Crippen molar-refractivity contribution in [3.05, 3.63) is 35.4 Å². The SMILES string of the molecule is Cc1ccc(C([O-])=Nc2nn[nH]n2)cc1. The number of aromatic nitrogens is 4. The highest BCUT2D eigenvalue weighted by molar-refractivity contribution is 5.91. The normalized spacial score (nSPS) is 11.7. The van der Waals surface area contributed by atoms with Crippen molar-refractivity contribution < 1.29 is 5.11 Å². The van der Waals surface area contributed by atoms with Crippen molar-refractivity contribution in [2.24, 2.45) is 4.99 Å². The number of H-pyrrole nitrogens is 1. The molecule has 0 aliphatic rings. The molecule has 76 valence electrons. The molecule has 0 saturated carbocycles. The molecule has 0 bridgehead atoms. The second-order valence-electron chi connectivity index (χ2n) is 2.99. The van der Waals surface area contributed by atoms with Crippen LogP contribution in [0.2, 0.25) is 0 Å². The Morgan fingerprint density at radius 1 is 1.33 bits per heavy atom. The van der Waals surface area contributed by atoms with E-state index < -0.39 is 0 Å². The van der Waals surface area contributed by atoms with E-state index in [1.165, 1.54) is 0 Å². The Hall–Kier alpha value is -2.24. The molecule has 1 aromatic carbocycles. The summed E-state index contributed by atoms with van der Waals surface area (Å²) >= 11 is 0. The molecule has 0 radical (unpaired) electrons. The first kappa shape index (κ1) is 9.32. The molecule has 2 rings (SSSR count). The van der Waals surface area contributed by atoms with E-state index in [9.17, 15) is 5.11 Å². The minimum Gasteiger partial charge on any atom is -0.858 e. The number of rotatable bonds is 2. The molecule has 6 heteroatoms. The van der Waals surface area contributed by atoms with E-state index in [0.29, 0.717) is 5.56 Å². The first-order chi connectivity index (χ1) is 7.25. The third-order valence-corrected chi connectivity index (χ3v) is 1.83. The van der Waals surface area contributed by atoms with Crippen molar-refractivity contribution in [2.75, 3.05) is 0 Å². The molecular weight excluding hydrogens is 194 g/mol. The van der Waals surface area contributed by atoms with E-state index in [1.807, 2.05) is 19.1 Å². The standard InChI is InChI=1S/C9H9N5O/c1-6-2-4-7(5-3-6)8(15)10-9-11-13-14-12-9/h2-5H,1H3,(H2,10,11,12,13,14,15)/p-1. The van der Waals surface area contributed by atoms with Crippen LogP contribution in [0, 0.1) is 6.92 Å². The van der Waals surface area contributed by atoms with Crippen LogP contribution in [-0.2, 0) is 0 Å². The van der Waals surface area contributed by atoms with Gasteiger partial charge in [-0.25, -0.2) is 4.99 Å². The number of aryl methyl sites for hydroxylation is 1. The lowest BCUT2D eigenvalue weighted by atomic mass is 10.1. The zero-order valence-corrected chi connectivity index (χ0v) is 8.01. The molecule has 0 aliphatic heterocycles. The Kier molecular flexibility index (Phi) is 2.40. The van der Waals surface area contributed by atoms with E-state index in [-0.39, 0.29) is 11.8 Å². The predicted molar refractivity (Wildman–Crippen MR) is 51.6 cm³/mol. The average Bonchev–Trinajstić information content (AvgIpc) is 2.71. The Morgan fingerprint density at radius 2 is 2.07 bits per heavy atom. The lowest BCUT2D eigenvalue weighted by Crippen LogP contribution is -2.18. The van der Waals surface area contributed by atoms with Crippen LogP contribution in [0.1, 0.15) is 11.1 Å². The summed E-state index contributed by atoms with van der Waals surface area (Å²) in [6, 6.07) is 7.11. The van der Waals surface area contributed by atoms with Crippen molar-refractivity contribution in [3.63, 3.8) is 0 Å². The van der Waals surface area contributed by atoms with Crippen LogP contribution in [0.3, 0.4) is 0 Å². The molecule has 0 amide bonds. The molecule has 2 aromatic rings. The van der Waals surface area contributed by atoms with Gasteiger partial charge in [-0.1, -0.05) is 34.9 Å². The molecule has 0 saturated heterocycles. The van der Waals surface area contributed by atoms with Gasteiger partial charge in [0.15, 0.2) is 0 Å². The third-order valence-electron chi connectivity index (χ3n) is 1.83. The number of hydrogen-bond donors (Lipinski definition) is 1. The van der Waals surface area contributed by atoms with E-state index >= 15 is 0 Å². The first-order valence-electron chi connectivity index (χ1n) is 4.32. The van der Waals surface area contributed by atoms with E-state index in [0.717, 1.165) is 5.56 Å². The van der Waals surface area contributed by atoms with Gasteiger partial charge >= 0.3 is 0 Å². The van der Waals surface area contributed by atoms with Crippen molar-refractivity contribution >= 4 is 11.8 Å². The maximum atomic E-state index is 11.5. The summed E-state index contributed by atoms with van der Waals surface area (Å²) in [7, 11) is 0. The van der Waals surface area contributed by atoms with Gasteiger partial charge in [0.2, 0.25) is 0 Å². The molecule has 15 heavy (non-hydrogen) atoms. The molecule has 1 N–H and O–H groups in total. The van der Waals surface area contributed by atoms with E-state index in [4.69, 9.17) is 0 Å². The summed E-state index contributed by atoms with van der Waals surface area (Å²) < 4.78 is 0. The fourth-order valence-electron chi connectivity index (χ4n) is 1.06. The molecular formula is C9H8N5O-. The second-order valence-corrected chi connectivity index (χ2v) is 2.99. The molecule has 0 aliphatic carbocycles. The number of benzene rings is 1. The van der Waals surface area contributed by atoms with Gasteiger partial charge in [0.05, 0.1) is 0 Å². The molecule has 0 atom stereocenters. The maximum absolute atomic E-state index is 11.5. The number of aliphatic imine (C=N–C) groups is 1. The van der Waals surface area contributed by atoms with E-state index in [2.05, 4.69) is 25.6 Å². The Bertz CT molecular complexity index is 460.